The molecule has 1 unspecified atom stereocenters. The highest BCUT2D eigenvalue weighted by molar-refractivity contribution is 6.05. The lowest BCUT2D eigenvalue weighted by atomic mass is 10.0. The first kappa shape index (κ1) is 15.7. The topological polar surface area (TPSA) is 92.5 Å². The number of unbranched alkanes of at least 4 members (excludes halogenated alkanes) is 1. The number of hydrogen-bond acceptors (Lipinski definition) is 4. The minimum Gasteiger partial charge on any atom is -0.330 e. The van der Waals surface area contributed by atoms with E-state index >= 15 is 0 Å². The highest BCUT2D eigenvalue weighted by atomic mass is 16.2. The van der Waals surface area contributed by atoms with Crippen molar-refractivity contribution in [3.8, 4) is 0 Å². The summed E-state index contributed by atoms with van der Waals surface area (Å²) in [6, 6.07) is 5.39. The first-order chi connectivity index (χ1) is 11.1. The Hall–Kier alpha value is -2.21. The average molecular weight is 315 g/mol. The van der Waals surface area contributed by atoms with Crippen LogP contribution in [0.15, 0.2) is 18.2 Å². The Kier molecular flexibility index (Phi) is 4.43. The van der Waals surface area contributed by atoms with Crippen molar-refractivity contribution in [2.24, 2.45) is 5.73 Å². The minimum atomic E-state index is -0.548. The Morgan fingerprint density at radius 2 is 2.04 bits per heavy atom. The van der Waals surface area contributed by atoms with Crippen LogP contribution in [-0.2, 0) is 22.6 Å². The summed E-state index contributed by atoms with van der Waals surface area (Å²) >= 11 is 0. The van der Waals surface area contributed by atoms with E-state index in [1.165, 1.54) is 0 Å². The van der Waals surface area contributed by atoms with Gasteiger partial charge < -0.3 is 10.6 Å². The second-order valence-corrected chi connectivity index (χ2v) is 6.14. The van der Waals surface area contributed by atoms with E-state index in [0.29, 0.717) is 25.1 Å². The van der Waals surface area contributed by atoms with E-state index < -0.39 is 6.04 Å². The molecule has 0 aliphatic carbocycles. The number of nitrogens with two attached hydrogens (primary N) is 1. The number of carbonyl (C=O) groups is 3. The molecule has 0 spiro atoms. The normalized spacial score (nSPS) is 20.7. The van der Waals surface area contributed by atoms with Crippen molar-refractivity contribution in [2.45, 2.75) is 44.7 Å². The predicted molar refractivity (Wildman–Crippen MR) is 84.5 cm³/mol. The number of aryl methyl sites for hydroxylation is 1. The summed E-state index contributed by atoms with van der Waals surface area (Å²) in [6.07, 6.45) is 3.54. The van der Waals surface area contributed by atoms with Crippen LogP contribution >= 0.6 is 0 Å². The molecular formula is C17H21N3O3. The number of rotatable bonds is 5. The Labute approximate surface area is 135 Å². The largest absolute Gasteiger partial charge is 0.330 e. The number of piperidine rings is 1. The van der Waals surface area contributed by atoms with Crippen LogP contribution in [0.4, 0.5) is 0 Å². The molecule has 2 aliphatic rings. The summed E-state index contributed by atoms with van der Waals surface area (Å²) in [5, 5.41) is 2.32. The Bertz CT molecular complexity index is 656. The number of fused-ring (bicyclic) bond motifs is 1. The van der Waals surface area contributed by atoms with Gasteiger partial charge in [0.2, 0.25) is 11.8 Å². The van der Waals surface area contributed by atoms with Gasteiger partial charge in [-0.05, 0) is 49.4 Å². The molecule has 23 heavy (non-hydrogen) atoms. The maximum atomic E-state index is 12.6. The van der Waals surface area contributed by atoms with Crippen molar-refractivity contribution >= 4 is 17.7 Å². The van der Waals surface area contributed by atoms with E-state index in [1.807, 2.05) is 18.2 Å². The van der Waals surface area contributed by atoms with Crippen molar-refractivity contribution in [2.75, 3.05) is 6.54 Å². The zero-order valence-electron chi connectivity index (χ0n) is 13.0. The van der Waals surface area contributed by atoms with Gasteiger partial charge in [-0.3, -0.25) is 19.7 Å². The number of hydrogen-bond donors (Lipinski definition) is 2. The van der Waals surface area contributed by atoms with Crippen LogP contribution in [0.25, 0.3) is 0 Å². The molecule has 6 heteroatoms. The standard InChI is InChI=1S/C17H21N3O3/c18-8-2-1-3-11-4-5-12-10-20(17(23)13(12)9-11)14-6-7-15(21)19-16(14)22/h4-5,9,14H,1-3,6-8,10,18H2,(H,19,21,22). The van der Waals surface area contributed by atoms with Crippen LogP contribution in [0.3, 0.4) is 0 Å². The molecule has 0 aromatic heterocycles. The molecule has 1 saturated heterocycles. The van der Waals surface area contributed by atoms with Crippen molar-refractivity contribution < 1.29 is 14.4 Å². The monoisotopic (exact) mass is 315 g/mol. The van der Waals surface area contributed by atoms with E-state index in [9.17, 15) is 14.4 Å². The van der Waals surface area contributed by atoms with E-state index in [1.54, 1.807) is 4.90 Å². The van der Waals surface area contributed by atoms with Crippen molar-refractivity contribution in [1.29, 1.82) is 0 Å². The van der Waals surface area contributed by atoms with Crippen molar-refractivity contribution in [1.82, 2.24) is 10.2 Å². The van der Waals surface area contributed by atoms with E-state index in [2.05, 4.69) is 5.32 Å². The fourth-order valence-corrected chi connectivity index (χ4v) is 3.23. The fourth-order valence-electron chi connectivity index (χ4n) is 3.23. The molecule has 2 heterocycles. The molecule has 0 saturated carbocycles. The highest BCUT2D eigenvalue weighted by Gasteiger charge is 2.38. The van der Waals surface area contributed by atoms with Crippen LogP contribution < -0.4 is 11.1 Å². The van der Waals surface area contributed by atoms with E-state index in [0.717, 1.165) is 30.4 Å². The van der Waals surface area contributed by atoms with Gasteiger partial charge in [0, 0.05) is 18.5 Å². The van der Waals surface area contributed by atoms with Gasteiger partial charge in [-0.1, -0.05) is 12.1 Å². The first-order valence-corrected chi connectivity index (χ1v) is 8.06. The average Bonchev–Trinajstić information content (AvgIpc) is 2.84. The fraction of sp³-hybridized carbons (Fsp3) is 0.471. The summed E-state index contributed by atoms with van der Waals surface area (Å²) in [7, 11) is 0. The third-order valence-electron chi connectivity index (χ3n) is 4.51. The summed E-state index contributed by atoms with van der Waals surface area (Å²) in [5.74, 6) is -0.752. The number of nitrogens with zero attached hydrogens (tertiary/aromatic N) is 1. The molecule has 122 valence electrons. The third-order valence-corrected chi connectivity index (χ3v) is 4.51. The number of benzene rings is 1. The van der Waals surface area contributed by atoms with E-state index in [-0.39, 0.29) is 24.1 Å². The van der Waals surface area contributed by atoms with Crippen LogP contribution in [-0.4, -0.2) is 35.2 Å². The maximum absolute atomic E-state index is 12.6. The molecule has 3 rings (SSSR count). The molecule has 1 aromatic carbocycles. The van der Waals surface area contributed by atoms with Gasteiger partial charge in [0.25, 0.3) is 5.91 Å². The zero-order valence-corrected chi connectivity index (χ0v) is 13.0. The van der Waals surface area contributed by atoms with Crippen LogP contribution in [0.2, 0.25) is 0 Å². The van der Waals surface area contributed by atoms with Gasteiger partial charge >= 0.3 is 0 Å². The lowest BCUT2D eigenvalue weighted by molar-refractivity contribution is -0.136. The van der Waals surface area contributed by atoms with Crippen LogP contribution in [0.5, 0.6) is 0 Å². The first-order valence-electron chi connectivity index (χ1n) is 8.06. The lowest BCUT2D eigenvalue weighted by Crippen LogP contribution is -2.52. The molecule has 2 aliphatic heterocycles. The molecule has 1 aromatic rings. The molecule has 3 N–H and O–H groups in total. The third kappa shape index (κ3) is 3.12. The van der Waals surface area contributed by atoms with E-state index in [4.69, 9.17) is 5.73 Å². The molecule has 1 atom stereocenters. The number of amides is 3. The molecule has 1 fully saturated rings. The zero-order chi connectivity index (χ0) is 16.4. The van der Waals surface area contributed by atoms with Gasteiger partial charge in [-0.2, -0.15) is 0 Å². The summed E-state index contributed by atoms with van der Waals surface area (Å²) < 4.78 is 0. The van der Waals surface area contributed by atoms with Gasteiger partial charge in [0.15, 0.2) is 0 Å². The predicted octanol–water partition coefficient (Wildman–Crippen LogP) is 0.729. The van der Waals surface area contributed by atoms with Gasteiger partial charge in [-0.25, -0.2) is 0 Å². The van der Waals surface area contributed by atoms with Crippen molar-refractivity contribution in [3.05, 3.63) is 34.9 Å². The Morgan fingerprint density at radius 3 is 2.78 bits per heavy atom. The van der Waals surface area contributed by atoms with Crippen LogP contribution in [0, 0.1) is 0 Å². The SMILES string of the molecule is NCCCCc1ccc2c(c1)C(=O)N(C1CCC(=O)NC1=O)C2. The van der Waals surface area contributed by atoms with Gasteiger partial charge in [0.1, 0.15) is 6.04 Å². The number of carbonyl (C=O) groups excluding carboxylic acids is 3. The van der Waals surface area contributed by atoms with Gasteiger partial charge in [0.05, 0.1) is 0 Å². The maximum Gasteiger partial charge on any atom is 0.255 e. The highest BCUT2D eigenvalue weighted by Crippen LogP contribution is 2.28. The minimum absolute atomic E-state index is 0.116. The van der Waals surface area contributed by atoms with Crippen molar-refractivity contribution in [3.63, 3.8) is 0 Å². The smallest absolute Gasteiger partial charge is 0.255 e. The molecule has 6 nitrogen and oxygen atoms in total. The van der Waals surface area contributed by atoms with Crippen LogP contribution in [0.1, 0.15) is 47.2 Å². The summed E-state index contributed by atoms with van der Waals surface area (Å²) in [6.45, 7) is 1.11. The quantitative estimate of drug-likeness (QED) is 0.619. The molecule has 3 amide bonds. The molecule has 0 radical (unpaired) electrons. The second kappa shape index (κ2) is 6.50. The molecular weight excluding hydrogens is 294 g/mol. The Balaban J connectivity index is 1.74. The Morgan fingerprint density at radius 1 is 1.22 bits per heavy atom. The second-order valence-electron chi connectivity index (χ2n) is 6.14. The number of imide groups is 1. The summed E-state index contributed by atoms with van der Waals surface area (Å²) in [4.78, 5) is 37.5. The summed E-state index contributed by atoms with van der Waals surface area (Å²) in [5.41, 5.74) is 8.25. The molecule has 0 bridgehead atoms. The lowest BCUT2D eigenvalue weighted by Gasteiger charge is -2.29. The van der Waals surface area contributed by atoms with Gasteiger partial charge in [-0.15, -0.1) is 0 Å². The number of nitrogens with one attached hydrogen (secondary N) is 1.